The van der Waals surface area contributed by atoms with Crippen LogP contribution in [0.15, 0.2) is 6.20 Å². The van der Waals surface area contributed by atoms with E-state index in [4.69, 9.17) is 0 Å². The maximum Gasteiger partial charge on any atom is 0.226 e. The van der Waals surface area contributed by atoms with Crippen LogP contribution in [0, 0.1) is 19.8 Å². The van der Waals surface area contributed by atoms with Gasteiger partial charge in [-0.25, -0.2) is 9.97 Å². The first-order chi connectivity index (χ1) is 13.1. The molecule has 0 aliphatic carbocycles. The molecule has 1 aromatic rings. The predicted octanol–water partition coefficient (Wildman–Crippen LogP) is 2.40. The molecule has 1 amide bonds. The lowest BCUT2D eigenvalue weighted by Crippen LogP contribution is -2.51. The summed E-state index contributed by atoms with van der Waals surface area (Å²) in [6.07, 6.45) is 8.85. The first kappa shape index (κ1) is 18.7. The van der Waals surface area contributed by atoms with Crippen molar-refractivity contribution in [3.05, 3.63) is 17.6 Å². The number of anilines is 1. The van der Waals surface area contributed by atoms with Gasteiger partial charge in [-0.15, -0.1) is 0 Å². The van der Waals surface area contributed by atoms with E-state index in [-0.39, 0.29) is 5.92 Å². The van der Waals surface area contributed by atoms with Crippen LogP contribution in [-0.2, 0) is 4.79 Å². The highest BCUT2D eigenvalue weighted by Gasteiger charge is 2.34. The normalized spacial score (nSPS) is 25.2. The van der Waals surface area contributed by atoms with Crippen LogP contribution >= 0.6 is 0 Å². The molecule has 1 unspecified atom stereocenters. The van der Waals surface area contributed by atoms with Crippen molar-refractivity contribution in [3.8, 4) is 0 Å². The third-order valence-electron chi connectivity index (χ3n) is 6.57. The first-order valence-electron chi connectivity index (χ1n) is 10.7. The van der Waals surface area contributed by atoms with E-state index in [1.165, 1.54) is 12.8 Å². The van der Waals surface area contributed by atoms with E-state index < -0.39 is 0 Å². The van der Waals surface area contributed by atoms with Gasteiger partial charge >= 0.3 is 0 Å². The number of hydrogen-bond donors (Lipinski definition) is 0. The number of nitrogens with zero attached hydrogens (tertiary/aromatic N) is 5. The fourth-order valence-electron chi connectivity index (χ4n) is 5.02. The summed E-state index contributed by atoms with van der Waals surface area (Å²) < 4.78 is 0. The SMILES string of the molecule is Cc1ncc(C)c(N2CCC(N3CCCC(C(=O)N4CCCC4)C3)CC2)n1. The average Bonchev–Trinajstić information content (AvgIpc) is 3.24. The molecule has 0 aromatic carbocycles. The van der Waals surface area contributed by atoms with Crippen LogP contribution < -0.4 is 4.90 Å². The van der Waals surface area contributed by atoms with Crippen molar-refractivity contribution in [1.82, 2.24) is 19.8 Å². The Kier molecular flexibility index (Phi) is 5.62. The van der Waals surface area contributed by atoms with E-state index in [0.717, 1.165) is 82.2 Å². The Labute approximate surface area is 162 Å². The fourth-order valence-corrected chi connectivity index (χ4v) is 5.02. The third kappa shape index (κ3) is 4.10. The molecule has 148 valence electrons. The molecule has 4 heterocycles. The summed E-state index contributed by atoms with van der Waals surface area (Å²) in [5.41, 5.74) is 1.16. The minimum atomic E-state index is 0.224. The molecule has 3 saturated heterocycles. The summed E-state index contributed by atoms with van der Waals surface area (Å²) in [6, 6.07) is 0.610. The first-order valence-corrected chi connectivity index (χ1v) is 10.7. The number of likely N-dealkylation sites (tertiary alicyclic amines) is 2. The minimum Gasteiger partial charge on any atom is -0.356 e. The molecule has 27 heavy (non-hydrogen) atoms. The Hall–Kier alpha value is -1.69. The van der Waals surface area contributed by atoms with E-state index in [0.29, 0.717) is 11.9 Å². The Bertz CT molecular complexity index is 665. The van der Waals surface area contributed by atoms with Crippen LogP contribution in [0.25, 0.3) is 0 Å². The van der Waals surface area contributed by atoms with Crippen molar-refractivity contribution in [2.75, 3.05) is 44.2 Å². The summed E-state index contributed by atoms with van der Waals surface area (Å²) in [4.78, 5) is 28.9. The van der Waals surface area contributed by atoms with Gasteiger partial charge in [-0.2, -0.15) is 0 Å². The second-order valence-electron chi connectivity index (χ2n) is 8.51. The zero-order valence-corrected chi connectivity index (χ0v) is 16.9. The average molecular weight is 372 g/mol. The molecule has 3 aliphatic rings. The van der Waals surface area contributed by atoms with Gasteiger partial charge in [0, 0.05) is 50.5 Å². The third-order valence-corrected chi connectivity index (χ3v) is 6.57. The molecule has 0 bridgehead atoms. The largest absolute Gasteiger partial charge is 0.356 e. The Morgan fingerprint density at radius 1 is 1.00 bits per heavy atom. The van der Waals surface area contributed by atoms with Gasteiger partial charge in [0.15, 0.2) is 0 Å². The van der Waals surface area contributed by atoms with Gasteiger partial charge < -0.3 is 9.80 Å². The Balaban J connectivity index is 1.33. The molecule has 1 atom stereocenters. The van der Waals surface area contributed by atoms with E-state index in [9.17, 15) is 4.79 Å². The molecule has 0 spiro atoms. The van der Waals surface area contributed by atoms with Gasteiger partial charge in [0.1, 0.15) is 11.6 Å². The maximum absolute atomic E-state index is 12.8. The highest BCUT2D eigenvalue weighted by Crippen LogP contribution is 2.28. The van der Waals surface area contributed by atoms with Gasteiger partial charge in [0.25, 0.3) is 0 Å². The highest BCUT2D eigenvalue weighted by molar-refractivity contribution is 5.79. The van der Waals surface area contributed by atoms with E-state index >= 15 is 0 Å². The van der Waals surface area contributed by atoms with Crippen molar-refractivity contribution in [2.45, 2.75) is 58.4 Å². The van der Waals surface area contributed by atoms with E-state index in [1.54, 1.807) is 0 Å². The van der Waals surface area contributed by atoms with Crippen LogP contribution in [0.2, 0.25) is 0 Å². The number of amides is 1. The second-order valence-corrected chi connectivity index (χ2v) is 8.51. The topological polar surface area (TPSA) is 52.6 Å². The summed E-state index contributed by atoms with van der Waals surface area (Å²) >= 11 is 0. The number of rotatable bonds is 3. The predicted molar refractivity (Wildman–Crippen MR) is 107 cm³/mol. The molecule has 4 rings (SSSR count). The van der Waals surface area contributed by atoms with Gasteiger partial charge in [-0.3, -0.25) is 9.69 Å². The molecule has 3 fully saturated rings. The zero-order valence-electron chi connectivity index (χ0n) is 16.9. The molecular weight excluding hydrogens is 338 g/mol. The number of carbonyl (C=O) groups is 1. The second kappa shape index (κ2) is 8.13. The lowest BCUT2D eigenvalue weighted by molar-refractivity contribution is -0.136. The highest BCUT2D eigenvalue weighted by atomic mass is 16.2. The van der Waals surface area contributed by atoms with Crippen molar-refractivity contribution in [1.29, 1.82) is 0 Å². The van der Waals surface area contributed by atoms with Crippen molar-refractivity contribution >= 4 is 11.7 Å². The summed E-state index contributed by atoms with van der Waals surface area (Å²) in [5.74, 6) is 2.59. The van der Waals surface area contributed by atoms with Crippen LogP contribution in [0.1, 0.15) is 49.9 Å². The van der Waals surface area contributed by atoms with Crippen LogP contribution in [0.5, 0.6) is 0 Å². The van der Waals surface area contributed by atoms with Crippen LogP contribution in [-0.4, -0.2) is 71.0 Å². The van der Waals surface area contributed by atoms with Gasteiger partial charge in [0.05, 0.1) is 5.92 Å². The molecule has 6 nitrogen and oxygen atoms in total. The molecule has 0 N–H and O–H groups in total. The molecule has 0 saturated carbocycles. The molecule has 1 aromatic heterocycles. The van der Waals surface area contributed by atoms with E-state index in [2.05, 4.69) is 31.6 Å². The number of hydrogen-bond acceptors (Lipinski definition) is 5. The van der Waals surface area contributed by atoms with Crippen LogP contribution in [0.4, 0.5) is 5.82 Å². The molecular formula is C21H33N5O. The quantitative estimate of drug-likeness (QED) is 0.817. The lowest BCUT2D eigenvalue weighted by atomic mass is 9.93. The van der Waals surface area contributed by atoms with Gasteiger partial charge in [-0.05, 0) is 58.9 Å². The van der Waals surface area contributed by atoms with Gasteiger partial charge in [-0.1, -0.05) is 0 Å². The Morgan fingerprint density at radius 3 is 2.48 bits per heavy atom. The number of aryl methyl sites for hydroxylation is 2. The van der Waals surface area contributed by atoms with Crippen LogP contribution in [0.3, 0.4) is 0 Å². The fraction of sp³-hybridized carbons (Fsp3) is 0.762. The zero-order chi connectivity index (χ0) is 18.8. The number of piperidine rings is 2. The maximum atomic E-state index is 12.8. The lowest BCUT2D eigenvalue weighted by Gasteiger charge is -2.43. The van der Waals surface area contributed by atoms with Crippen molar-refractivity contribution in [3.63, 3.8) is 0 Å². The van der Waals surface area contributed by atoms with Crippen molar-refractivity contribution < 1.29 is 4.79 Å². The Morgan fingerprint density at radius 2 is 1.74 bits per heavy atom. The summed E-state index contributed by atoms with van der Waals surface area (Å²) in [5, 5.41) is 0. The standard InChI is InChI=1S/C21H33N5O/c1-16-14-22-17(2)23-20(16)24-12-7-19(8-13-24)26-11-5-6-18(15-26)21(27)25-9-3-4-10-25/h14,18-19H,3-13,15H2,1-2H3. The van der Waals surface area contributed by atoms with E-state index in [1.807, 2.05) is 13.1 Å². The molecule has 6 heteroatoms. The summed E-state index contributed by atoms with van der Waals surface area (Å²) in [7, 11) is 0. The van der Waals surface area contributed by atoms with Crippen molar-refractivity contribution in [2.24, 2.45) is 5.92 Å². The minimum absolute atomic E-state index is 0.224. The molecule has 3 aliphatic heterocycles. The summed E-state index contributed by atoms with van der Waals surface area (Å²) in [6.45, 7) is 10.2. The monoisotopic (exact) mass is 371 g/mol. The number of carbonyl (C=O) groups excluding carboxylic acids is 1. The smallest absolute Gasteiger partial charge is 0.226 e. The van der Waals surface area contributed by atoms with Gasteiger partial charge in [0.2, 0.25) is 5.91 Å². The molecule has 0 radical (unpaired) electrons. The number of aromatic nitrogens is 2.